The van der Waals surface area contributed by atoms with E-state index < -0.39 is 11.9 Å². The summed E-state index contributed by atoms with van der Waals surface area (Å²) in [6, 6.07) is 3.86. The Morgan fingerprint density at radius 2 is 1.93 bits per heavy atom. The zero-order valence-corrected chi connectivity index (χ0v) is 18.4. The molecule has 0 N–H and O–H groups in total. The van der Waals surface area contributed by atoms with Crippen molar-refractivity contribution in [2.24, 2.45) is 5.92 Å². The molecule has 0 bridgehead atoms. The van der Waals surface area contributed by atoms with Crippen LogP contribution >= 0.6 is 11.6 Å². The van der Waals surface area contributed by atoms with Crippen molar-refractivity contribution >= 4 is 23.2 Å². The zero-order chi connectivity index (χ0) is 21.6. The highest BCUT2D eigenvalue weighted by Gasteiger charge is 2.41. The Balaban J connectivity index is 1.78. The Bertz CT molecular complexity index is 910. The second-order valence-corrected chi connectivity index (χ2v) is 8.95. The number of hydrogen-bond donors (Lipinski definition) is 0. The molecule has 30 heavy (non-hydrogen) atoms. The van der Waals surface area contributed by atoms with Crippen molar-refractivity contribution in [1.82, 2.24) is 14.5 Å². The first-order valence-electron chi connectivity index (χ1n) is 10.6. The number of rotatable bonds is 6. The number of benzene rings is 1. The first-order chi connectivity index (χ1) is 14.2. The molecule has 164 valence electrons. The molecule has 2 heterocycles. The van der Waals surface area contributed by atoms with E-state index in [4.69, 9.17) is 11.6 Å². The highest BCUT2D eigenvalue weighted by atomic mass is 35.5. The van der Waals surface area contributed by atoms with Gasteiger partial charge in [0.2, 0.25) is 5.95 Å². The molecule has 2 aliphatic rings. The number of aryl methyl sites for hydroxylation is 2. The van der Waals surface area contributed by atoms with Crippen molar-refractivity contribution in [2.45, 2.75) is 59.3 Å². The van der Waals surface area contributed by atoms with Crippen molar-refractivity contribution in [1.29, 1.82) is 0 Å². The molecule has 8 heteroatoms. The predicted molar refractivity (Wildman–Crippen MR) is 113 cm³/mol. The molecule has 1 aromatic carbocycles. The fourth-order valence-corrected chi connectivity index (χ4v) is 4.86. The molecule has 1 fully saturated rings. The van der Waals surface area contributed by atoms with E-state index in [-0.39, 0.29) is 12.2 Å². The van der Waals surface area contributed by atoms with E-state index in [9.17, 15) is 13.2 Å². The number of halogens is 4. The maximum Gasteiger partial charge on any atom is 0.435 e. The van der Waals surface area contributed by atoms with Crippen molar-refractivity contribution in [2.75, 3.05) is 24.5 Å². The van der Waals surface area contributed by atoms with Gasteiger partial charge in [-0.05, 0) is 62.8 Å². The Labute approximate surface area is 180 Å². The monoisotopic (exact) mass is 440 g/mol. The third-order valence-corrected chi connectivity index (χ3v) is 6.32. The Hall–Kier alpha value is -1.73. The molecule has 1 aliphatic heterocycles. The Morgan fingerprint density at radius 3 is 2.53 bits per heavy atom. The van der Waals surface area contributed by atoms with Crippen LogP contribution in [0.1, 0.15) is 48.7 Å². The van der Waals surface area contributed by atoms with Gasteiger partial charge in [0.05, 0.1) is 16.4 Å². The van der Waals surface area contributed by atoms with E-state index in [1.165, 1.54) is 12.8 Å². The summed E-state index contributed by atoms with van der Waals surface area (Å²) in [6.45, 7) is 8.87. The summed E-state index contributed by atoms with van der Waals surface area (Å²) in [7, 11) is 0. The van der Waals surface area contributed by atoms with Crippen LogP contribution in [0.4, 0.5) is 24.8 Å². The Kier molecular flexibility index (Phi) is 5.79. The summed E-state index contributed by atoms with van der Waals surface area (Å²) in [5, 5.41) is 0.544. The van der Waals surface area contributed by atoms with Crippen LogP contribution in [0.15, 0.2) is 12.1 Å². The normalized spacial score (nSPS) is 17.0. The van der Waals surface area contributed by atoms with Gasteiger partial charge in [-0.1, -0.05) is 24.6 Å². The minimum atomic E-state index is -4.49. The summed E-state index contributed by atoms with van der Waals surface area (Å²) in [4.78, 5) is 8.11. The molecule has 0 radical (unpaired) electrons. The molecule has 1 aromatic heterocycles. The van der Waals surface area contributed by atoms with Gasteiger partial charge in [0.1, 0.15) is 0 Å². The van der Waals surface area contributed by atoms with Crippen LogP contribution in [0.5, 0.6) is 0 Å². The maximum atomic E-state index is 14.0. The third kappa shape index (κ3) is 4.19. The van der Waals surface area contributed by atoms with Gasteiger partial charge in [0.15, 0.2) is 5.69 Å². The summed E-state index contributed by atoms with van der Waals surface area (Å²) >= 11 is 6.53. The number of imidazole rings is 1. The first kappa shape index (κ1) is 21.5. The molecule has 1 saturated carbocycles. The minimum absolute atomic E-state index is 0.267. The molecular weight excluding hydrogens is 413 g/mol. The van der Waals surface area contributed by atoms with Gasteiger partial charge in [0.25, 0.3) is 0 Å². The molecule has 0 unspecified atom stereocenters. The largest absolute Gasteiger partial charge is 0.435 e. The van der Waals surface area contributed by atoms with Crippen molar-refractivity contribution < 1.29 is 13.2 Å². The molecule has 0 atom stereocenters. The third-order valence-electron chi connectivity index (χ3n) is 6.03. The summed E-state index contributed by atoms with van der Waals surface area (Å²) in [6.07, 6.45) is -1.40. The highest BCUT2D eigenvalue weighted by Crippen LogP contribution is 2.42. The van der Waals surface area contributed by atoms with Crippen molar-refractivity contribution in [3.63, 3.8) is 0 Å². The first-order valence-corrected chi connectivity index (χ1v) is 11.0. The van der Waals surface area contributed by atoms with Gasteiger partial charge < -0.3 is 9.47 Å². The van der Waals surface area contributed by atoms with Crippen LogP contribution in [0, 0.1) is 19.8 Å². The standard InChI is InChI=1S/C22H28ClF3N4/c1-4-28(12-16-6-7-16)13-18-20(22(24,25)26)27-21-29(18)8-5-9-30(21)19-15(3)10-14(2)11-17(19)23/h10-11,16H,4-9,12-13H2,1-3H3. The fraction of sp³-hybridized carbons (Fsp3) is 0.591. The lowest BCUT2D eigenvalue weighted by molar-refractivity contribution is -0.141. The topological polar surface area (TPSA) is 24.3 Å². The van der Waals surface area contributed by atoms with Gasteiger partial charge in [-0.2, -0.15) is 13.2 Å². The van der Waals surface area contributed by atoms with E-state index in [0.717, 1.165) is 36.3 Å². The number of alkyl halides is 3. The molecule has 1 aliphatic carbocycles. The second-order valence-electron chi connectivity index (χ2n) is 8.55. The molecule has 4 nitrogen and oxygen atoms in total. The van der Waals surface area contributed by atoms with E-state index in [2.05, 4.69) is 9.88 Å². The Morgan fingerprint density at radius 1 is 1.20 bits per heavy atom. The highest BCUT2D eigenvalue weighted by molar-refractivity contribution is 6.33. The van der Waals surface area contributed by atoms with Gasteiger partial charge >= 0.3 is 6.18 Å². The number of anilines is 2. The lowest BCUT2D eigenvalue weighted by atomic mass is 10.1. The molecule has 0 amide bonds. The fourth-order valence-electron chi connectivity index (χ4n) is 4.43. The molecule has 0 saturated heterocycles. The van der Waals surface area contributed by atoms with Crippen LogP contribution in [-0.4, -0.2) is 34.1 Å². The SMILES string of the molecule is CCN(Cc1c(C(F)(F)F)nc2n1CCCN2c1c(C)cc(C)cc1Cl)CC1CC1. The van der Waals surface area contributed by atoms with E-state index in [1.54, 1.807) is 4.57 Å². The van der Waals surface area contributed by atoms with Gasteiger partial charge in [-0.15, -0.1) is 0 Å². The van der Waals surface area contributed by atoms with Crippen molar-refractivity contribution in [3.8, 4) is 0 Å². The number of hydrogen-bond acceptors (Lipinski definition) is 3. The van der Waals surface area contributed by atoms with Gasteiger partial charge in [-0.3, -0.25) is 4.90 Å². The number of aromatic nitrogens is 2. The molecular formula is C22H28ClF3N4. The second kappa shape index (κ2) is 8.08. The summed E-state index contributed by atoms with van der Waals surface area (Å²) in [5.41, 5.74) is 2.22. The number of nitrogens with zero attached hydrogens (tertiary/aromatic N) is 4. The van der Waals surface area contributed by atoms with E-state index in [1.807, 2.05) is 37.8 Å². The summed E-state index contributed by atoms with van der Waals surface area (Å²) < 4.78 is 43.7. The minimum Gasteiger partial charge on any atom is -0.312 e. The smallest absolute Gasteiger partial charge is 0.312 e. The molecule has 0 spiro atoms. The molecule has 4 rings (SSSR count). The molecule has 2 aromatic rings. The quantitative estimate of drug-likeness (QED) is 0.555. The van der Waals surface area contributed by atoms with Crippen LogP contribution in [0.2, 0.25) is 5.02 Å². The average molecular weight is 441 g/mol. The van der Waals surface area contributed by atoms with Gasteiger partial charge in [0, 0.05) is 26.2 Å². The average Bonchev–Trinajstić information content (AvgIpc) is 3.38. The van der Waals surface area contributed by atoms with E-state index in [0.29, 0.717) is 30.0 Å². The van der Waals surface area contributed by atoms with Crippen LogP contribution in [0.25, 0.3) is 0 Å². The van der Waals surface area contributed by atoms with Gasteiger partial charge in [-0.25, -0.2) is 4.98 Å². The van der Waals surface area contributed by atoms with Crippen molar-refractivity contribution in [3.05, 3.63) is 39.7 Å². The lowest BCUT2D eigenvalue weighted by Gasteiger charge is -2.32. The lowest BCUT2D eigenvalue weighted by Crippen LogP contribution is -2.32. The van der Waals surface area contributed by atoms with Crippen LogP contribution in [-0.2, 0) is 19.3 Å². The predicted octanol–water partition coefficient (Wildman–Crippen LogP) is 5.95. The number of fused-ring (bicyclic) bond motifs is 1. The van der Waals surface area contributed by atoms with Crippen LogP contribution in [0.3, 0.4) is 0 Å². The zero-order valence-electron chi connectivity index (χ0n) is 17.7. The van der Waals surface area contributed by atoms with E-state index >= 15 is 0 Å². The maximum absolute atomic E-state index is 14.0. The summed E-state index contributed by atoms with van der Waals surface area (Å²) in [5.74, 6) is 0.966. The van der Waals surface area contributed by atoms with Crippen LogP contribution < -0.4 is 4.90 Å².